The van der Waals surface area contributed by atoms with Gasteiger partial charge in [-0.15, -0.1) is 0 Å². The number of hydrogen-bond acceptors (Lipinski definition) is 5. The smallest absolute Gasteiger partial charge is 0.252 e. The van der Waals surface area contributed by atoms with E-state index in [1.54, 1.807) is 25.1 Å². The van der Waals surface area contributed by atoms with Crippen LogP contribution >= 0.6 is 15.9 Å². The molecule has 7 heteroatoms. The summed E-state index contributed by atoms with van der Waals surface area (Å²) in [6.45, 7) is 2.15. The minimum absolute atomic E-state index is 0.195. The molecule has 0 aliphatic rings. The lowest BCUT2D eigenvalue weighted by Crippen LogP contribution is -2.26. The van der Waals surface area contributed by atoms with E-state index in [2.05, 4.69) is 31.4 Å². The number of nitrogen functional groups attached to an aromatic ring is 1. The molecular formula is C12H13BrN4O2. The van der Waals surface area contributed by atoms with E-state index in [1.165, 1.54) is 0 Å². The number of hydrogen-bond donors (Lipinski definition) is 2. The Morgan fingerprint density at radius 2 is 2.32 bits per heavy atom. The standard InChI is InChI=1S/C12H13BrN4O2/c1-7-16-10(17-19-7)5-6-15-12(18)8-3-2-4-9(14)11(8)13/h2-4H,5-6,14H2,1H3,(H,15,18). The molecule has 2 rings (SSSR count). The van der Waals surface area contributed by atoms with Gasteiger partial charge in [0, 0.05) is 25.6 Å². The molecule has 1 aromatic carbocycles. The van der Waals surface area contributed by atoms with E-state index in [0.29, 0.717) is 40.4 Å². The molecule has 100 valence electrons. The van der Waals surface area contributed by atoms with Gasteiger partial charge in [0.25, 0.3) is 5.91 Å². The Morgan fingerprint density at radius 3 is 3.00 bits per heavy atom. The highest BCUT2D eigenvalue weighted by molar-refractivity contribution is 9.10. The molecule has 1 heterocycles. The van der Waals surface area contributed by atoms with Crippen LogP contribution in [0.4, 0.5) is 5.69 Å². The monoisotopic (exact) mass is 324 g/mol. The van der Waals surface area contributed by atoms with Gasteiger partial charge >= 0.3 is 0 Å². The first kappa shape index (κ1) is 13.5. The first-order chi connectivity index (χ1) is 9.08. The zero-order chi connectivity index (χ0) is 13.8. The summed E-state index contributed by atoms with van der Waals surface area (Å²) in [5, 5.41) is 6.53. The second-order valence-corrected chi connectivity index (χ2v) is 4.74. The van der Waals surface area contributed by atoms with Crippen molar-refractivity contribution in [3.63, 3.8) is 0 Å². The van der Waals surface area contributed by atoms with E-state index in [1.807, 2.05) is 0 Å². The van der Waals surface area contributed by atoms with Crippen molar-refractivity contribution in [3.05, 3.63) is 40.0 Å². The van der Waals surface area contributed by atoms with Crippen molar-refractivity contribution in [2.24, 2.45) is 0 Å². The van der Waals surface area contributed by atoms with Crippen LogP contribution in [0.15, 0.2) is 27.2 Å². The van der Waals surface area contributed by atoms with Crippen LogP contribution in [0, 0.1) is 6.92 Å². The van der Waals surface area contributed by atoms with Crippen molar-refractivity contribution < 1.29 is 9.32 Å². The summed E-state index contributed by atoms with van der Waals surface area (Å²) < 4.78 is 5.44. The Bertz CT molecular complexity index is 597. The summed E-state index contributed by atoms with van der Waals surface area (Å²) in [5.74, 6) is 0.892. The minimum atomic E-state index is -0.195. The van der Waals surface area contributed by atoms with E-state index in [0.717, 1.165) is 0 Å². The van der Waals surface area contributed by atoms with Crippen LogP contribution in [0.1, 0.15) is 22.1 Å². The van der Waals surface area contributed by atoms with Gasteiger partial charge in [0.05, 0.1) is 10.0 Å². The molecule has 3 N–H and O–H groups in total. The summed E-state index contributed by atoms with van der Waals surface area (Å²) in [4.78, 5) is 16.0. The predicted octanol–water partition coefficient (Wildman–Crippen LogP) is 1.70. The fourth-order valence-corrected chi connectivity index (χ4v) is 2.00. The molecule has 0 atom stereocenters. The van der Waals surface area contributed by atoms with Crippen molar-refractivity contribution in [1.82, 2.24) is 15.5 Å². The lowest BCUT2D eigenvalue weighted by molar-refractivity contribution is 0.0953. The lowest BCUT2D eigenvalue weighted by Gasteiger charge is -2.07. The van der Waals surface area contributed by atoms with Crippen molar-refractivity contribution in [3.8, 4) is 0 Å². The Kier molecular flexibility index (Phi) is 4.16. The Balaban J connectivity index is 1.93. The molecule has 0 aliphatic carbocycles. The zero-order valence-electron chi connectivity index (χ0n) is 10.3. The number of anilines is 1. The van der Waals surface area contributed by atoms with Gasteiger partial charge in [-0.3, -0.25) is 4.79 Å². The van der Waals surface area contributed by atoms with Gasteiger partial charge in [-0.2, -0.15) is 4.98 Å². The number of carbonyl (C=O) groups excluding carboxylic acids is 1. The Morgan fingerprint density at radius 1 is 1.53 bits per heavy atom. The molecule has 0 bridgehead atoms. The normalized spacial score (nSPS) is 10.4. The maximum Gasteiger partial charge on any atom is 0.252 e. The second kappa shape index (κ2) is 5.83. The van der Waals surface area contributed by atoms with Crippen LogP contribution in [-0.2, 0) is 6.42 Å². The quantitative estimate of drug-likeness (QED) is 0.835. The third kappa shape index (κ3) is 3.31. The maximum absolute atomic E-state index is 12.0. The van der Waals surface area contributed by atoms with Crippen LogP contribution in [-0.4, -0.2) is 22.6 Å². The fraction of sp³-hybridized carbons (Fsp3) is 0.250. The summed E-state index contributed by atoms with van der Waals surface area (Å²) >= 11 is 3.30. The van der Waals surface area contributed by atoms with Gasteiger partial charge in [-0.1, -0.05) is 11.2 Å². The van der Waals surface area contributed by atoms with Crippen LogP contribution in [0.5, 0.6) is 0 Å². The summed E-state index contributed by atoms with van der Waals surface area (Å²) in [6, 6.07) is 5.16. The highest BCUT2D eigenvalue weighted by atomic mass is 79.9. The molecule has 2 aromatic rings. The number of nitrogens with zero attached hydrogens (tertiary/aromatic N) is 2. The van der Waals surface area contributed by atoms with Gasteiger partial charge in [0.2, 0.25) is 5.89 Å². The molecule has 0 saturated heterocycles. The van der Waals surface area contributed by atoms with Crippen molar-refractivity contribution in [2.45, 2.75) is 13.3 Å². The number of halogens is 1. The number of aryl methyl sites for hydroxylation is 1. The number of carbonyl (C=O) groups is 1. The molecule has 19 heavy (non-hydrogen) atoms. The van der Waals surface area contributed by atoms with Gasteiger partial charge in [0.1, 0.15) is 0 Å². The Labute approximate surface area is 118 Å². The van der Waals surface area contributed by atoms with E-state index in [9.17, 15) is 4.79 Å². The number of benzene rings is 1. The molecule has 0 radical (unpaired) electrons. The van der Waals surface area contributed by atoms with E-state index < -0.39 is 0 Å². The SMILES string of the molecule is Cc1nc(CCNC(=O)c2cccc(N)c2Br)no1. The van der Waals surface area contributed by atoms with Gasteiger partial charge in [-0.05, 0) is 28.1 Å². The van der Waals surface area contributed by atoms with Gasteiger partial charge in [0.15, 0.2) is 5.82 Å². The van der Waals surface area contributed by atoms with Crippen LogP contribution in [0.25, 0.3) is 0 Å². The molecule has 0 saturated carbocycles. The summed E-state index contributed by atoms with van der Waals surface area (Å²) in [6.07, 6.45) is 0.517. The largest absolute Gasteiger partial charge is 0.398 e. The van der Waals surface area contributed by atoms with E-state index >= 15 is 0 Å². The number of amides is 1. The second-order valence-electron chi connectivity index (χ2n) is 3.94. The average molecular weight is 325 g/mol. The number of nitrogens with two attached hydrogens (primary N) is 1. The molecule has 0 spiro atoms. The first-order valence-corrected chi connectivity index (χ1v) is 6.48. The van der Waals surface area contributed by atoms with E-state index in [4.69, 9.17) is 10.3 Å². The van der Waals surface area contributed by atoms with Crippen molar-refractivity contribution in [1.29, 1.82) is 0 Å². The Hall–Kier alpha value is -1.89. The number of aromatic nitrogens is 2. The molecule has 0 aliphatic heterocycles. The molecule has 0 fully saturated rings. The van der Waals surface area contributed by atoms with Gasteiger partial charge < -0.3 is 15.6 Å². The van der Waals surface area contributed by atoms with Gasteiger partial charge in [-0.25, -0.2) is 0 Å². The molecule has 1 aromatic heterocycles. The average Bonchev–Trinajstić information content (AvgIpc) is 2.78. The minimum Gasteiger partial charge on any atom is -0.398 e. The van der Waals surface area contributed by atoms with Crippen LogP contribution in [0.2, 0.25) is 0 Å². The lowest BCUT2D eigenvalue weighted by atomic mass is 10.2. The summed E-state index contributed by atoms with van der Waals surface area (Å²) in [5.41, 5.74) is 6.75. The zero-order valence-corrected chi connectivity index (χ0v) is 11.9. The molecule has 1 amide bonds. The third-order valence-electron chi connectivity index (χ3n) is 2.48. The van der Waals surface area contributed by atoms with Crippen LogP contribution in [0.3, 0.4) is 0 Å². The fourth-order valence-electron chi connectivity index (χ4n) is 1.55. The molecule has 0 unspecified atom stereocenters. The molecule has 6 nitrogen and oxygen atoms in total. The highest BCUT2D eigenvalue weighted by Crippen LogP contribution is 2.23. The van der Waals surface area contributed by atoms with E-state index in [-0.39, 0.29) is 5.91 Å². The highest BCUT2D eigenvalue weighted by Gasteiger charge is 2.11. The van der Waals surface area contributed by atoms with Crippen molar-refractivity contribution in [2.75, 3.05) is 12.3 Å². The first-order valence-electron chi connectivity index (χ1n) is 5.69. The van der Waals surface area contributed by atoms with Crippen LogP contribution < -0.4 is 11.1 Å². The predicted molar refractivity (Wildman–Crippen MR) is 73.6 cm³/mol. The maximum atomic E-state index is 12.0. The number of rotatable bonds is 4. The molecular weight excluding hydrogens is 312 g/mol. The third-order valence-corrected chi connectivity index (χ3v) is 3.36. The van der Waals surface area contributed by atoms with Crippen molar-refractivity contribution >= 4 is 27.5 Å². The number of nitrogens with one attached hydrogen (secondary N) is 1. The summed E-state index contributed by atoms with van der Waals surface area (Å²) in [7, 11) is 0. The topological polar surface area (TPSA) is 94.0 Å².